The van der Waals surface area contributed by atoms with Gasteiger partial charge in [-0.3, -0.25) is 14.4 Å². The van der Waals surface area contributed by atoms with E-state index >= 15 is 0 Å². The summed E-state index contributed by atoms with van der Waals surface area (Å²) in [4.78, 5) is 36.5. The van der Waals surface area contributed by atoms with Crippen LogP contribution in [0.4, 0.5) is 11.4 Å². The first-order valence-electron chi connectivity index (χ1n) is 11.2. The van der Waals surface area contributed by atoms with Crippen LogP contribution in [0, 0.1) is 6.92 Å². The lowest BCUT2D eigenvalue weighted by Gasteiger charge is -2.13. The van der Waals surface area contributed by atoms with Crippen LogP contribution in [0.2, 0.25) is 15.1 Å². The van der Waals surface area contributed by atoms with Crippen molar-refractivity contribution >= 4 is 70.1 Å². The van der Waals surface area contributed by atoms with Crippen LogP contribution in [0.1, 0.15) is 18.1 Å². The Bertz CT molecular complexity index is 1380. The number of anilines is 2. The van der Waals surface area contributed by atoms with Gasteiger partial charge in [0.15, 0.2) is 18.1 Å². The molecule has 0 fully saturated rings. The average molecular weight is 578 g/mol. The number of carbonyl (C=O) groups is 3. The van der Waals surface area contributed by atoms with Gasteiger partial charge in [0.25, 0.3) is 5.91 Å². The summed E-state index contributed by atoms with van der Waals surface area (Å²) in [6, 6.07) is 14.7. The van der Waals surface area contributed by atoms with E-state index in [0.29, 0.717) is 34.4 Å². The van der Waals surface area contributed by atoms with Crippen molar-refractivity contribution in [2.24, 2.45) is 5.10 Å². The number of hydrazone groups is 1. The molecule has 0 aliphatic carbocycles. The molecule has 3 aromatic rings. The van der Waals surface area contributed by atoms with Gasteiger partial charge < -0.3 is 20.1 Å². The molecule has 12 heteroatoms. The van der Waals surface area contributed by atoms with E-state index in [0.717, 1.165) is 5.56 Å². The highest BCUT2D eigenvalue weighted by molar-refractivity contribution is 6.45. The molecule has 0 aliphatic heterocycles. The van der Waals surface area contributed by atoms with E-state index in [1.807, 2.05) is 6.92 Å². The normalized spacial score (nSPS) is 10.7. The smallest absolute Gasteiger partial charge is 0.329 e. The van der Waals surface area contributed by atoms with E-state index in [9.17, 15) is 14.4 Å². The van der Waals surface area contributed by atoms with Gasteiger partial charge in [0.05, 0.1) is 28.6 Å². The SMILES string of the molecule is CCOc1cc(/C=N\NC(=O)C(=O)Nc2cccc(Cl)c2Cl)ccc1OCC(=O)Nc1ccc(C)c(Cl)c1. The van der Waals surface area contributed by atoms with Crippen molar-refractivity contribution < 1.29 is 23.9 Å². The molecule has 3 rings (SSSR count). The highest BCUT2D eigenvalue weighted by Gasteiger charge is 2.15. The Hall–Kier alpha value is -3.79. The molecule has 3 aromatic carbocycles. The predicted molar refractivity (Wildman–Crippen MR) is 149 cm³/mol. The Morgan fingerprint density at radius 3 is 2.42 bits per heavy atom. The van der Waals surface area contributed by atoms with Gasteiger partial charge >= 0.3 is 11.8 Å². The zero-order valence-electron chi connectivity index (χ0n) is 20.3. The van der Waals surface area contributed by atoms with Gasteiger partial charge in [-0.2, -0.15) is 5.10 Å². The van der Waals surface area contributed by atoms with Crippen LogP contribution in [0.5, 0.6) is 11.5 Å². The topological polar surface area (TPSA) is 118 Å². The van der Waals surface area contributed by atoms with Gasteiger partial charge in [-0.05, 0) is 67.4 Å². The van der Waals surface area contributed by atoms with Crippen LogP contribution in [0.25, 0.3) is 0 Å². The molecule has 0 aliphatic rings. The fourth-order valence-corrected chi connectivity index (χ4v) is 3.53. The number of nitrogens with zero attached hydrogens (tertiary/aromatic N) is 1. The molecule has 0 atom stereocenters. The van der Waals surface area contributed by atoms with Crippen LogP contribution in [-0.4, -0.2) is 37.1 Å². The van der Waals surface area contributed by atoms with Gasteiger partial charge in [-0.15, -0.1) is 0 Å². The van der Waals surface area contributed by atoms with Crippen molar-refractivity contribution in [2.45, 2.75) is 13.8 Å². The molecule has 0 spiro atoms. The van der Waals surface area contributed by atoms with Gasteiger partial charge in [-0.1, -0.05) is 46.9 Å². The Labute approximate surface area is 234 Å². The number of carbonyl (C=O) groups excluding carboxylic acids is 3. The van der Waals surface area contributed by atoms with Crippen molar-refractivity contribution in [1.82, 2.24) is 5.43 Å². The molecule has 0 saturated carbocycles. The molecule has 3 amide bonds. The number of ether oxygens (including phenoxy) is 2. The van der Waals surface area contributed by atoms with Crippen LogP contribution in [0.3, 0.4) is 0 Å². The summed E-state index contributed by atoms with van der Waals surface area (Å²) >= 11 is 18.0. The third-order valence-corrected chi connectivity index (χ3v) is 6.09. The minimum atomic E-state index is -1.01. The summed E-state index contributed by atoms with van der Waals surface area (Å²) in [5.41, 5.74) is 4.31. The lowest BCUT2D eigenvalue weighted by atomic mass is 10.2. The number of rotatable bonds is 9. The molecule has 0 aromatic heterocycles. The van der Waals surface area contributed by atoms with E-state index in [1.54, 1.807) is 55.5 Å². The Morgan fingerprint density at radius 2 is 1.68 bits per heavy atom. The number of amides is 3. The second-order valence-corrected chi connectivity index (χ2v) is 8.89. The van der Waals surface area contributed by atoms with E-state index < -0.39 is 11.8 Å². The second-order valence-electron chi connectivity index (χ2n) is 7.69. The summed E-state index contributed by atoms with van der Waals surface area (Å²) in [5, 5.41) is 9.76. The third-order valence-electron chi connectivity index (χ3n) is 4.87. The van der Waals surface area contributed by atoms with Crippen LogP contribution < -0.4 is 25.5 Å². The summed E-state index contributed by atoms with van der Waals surface area (Å²) in [5.74, 6) is -1.66. The molecule has 3 N–H and O–H groups in total. The second kappa shape index (κ2) is 13.7. The average Bonchev–Trinajstić information content (AvgIpc) is 2.88. The lowest BCUT2D eigenvalue weighted by Crippen LogP contribution is -2.32. The van der Waals surface area contributed by atoms with Crippen LogP contribution in [-0.2, 0) is 14.4 Å². The molecule has 0 saturated heterocycles. The Balaban J connectivity index is 1.57. The highest BCUT2D eigenvalue weighted by atomic mass is 35.5. The van der Waals surface area contributed by atoms with E-state index in [2.05, 4.69) is 21.2 Å². The molecule has 0 unspecified atom stereocenters. The van der Waals surface area contributed by atoms with Gasteiger partial charge in [-0.25, -0.2) is 5.43 Å². The van der Waals surface area contributed by atoms with Crippen LogP contribution in [0.15, 0.2) is 59.7 Å². The zero-order valence-corrected chi connectivity index (χ0v) is 22.6. The summed E-state index contributed by atoms with van der Waals surface area (Å²) in [6.07, 6.45) is 1.32. The molecular weight excluding hydrogens is 555 g/mol. The predicted octanol–water partition coefficient (Wildman–Crippen LogP) is 5.46. The quantitative estimate of drug-likeness (QED) is 0.177. The molecule has 0 radical (unpaired) electrons. The highest BCUT2D eigenvalue weighted by Crippen LogP contribution is 2.30. The van der Waals surface area contributed by atoms with Crippen molar-refractivity contribution in [3.63, 3.8) is 0 Å². The Kier molecular flexibility index (Phi) is 10.3. The monoisotopic (exact) mass is 576 g/mol. The fourth-order valence-electron chi connectivity index (χ4n) is 3.00. The van der Waals surface area contributed by atoms with E-state index in [-0.39, 0.29) is 28.2 Å². The zero-order chi connectivity index (χ0) is 27.7. The molecule has 9 nitrogen and oxygen atoms in total. The number of benzene rings is 3. The lowest BCUT2D eigenvalue weighted by molar-refractivity contribution is -0.136. The maximum Gasteiger partial charge on any atom is 0.329 e. The fraction of sp³-hybridized carbons (Fsp3) is 0.154. The van der Waals surface area contributed by atoms with Crippen LogP contribution >= 0.6 is 34.8 Å². The van der Waals surface area contributed by atoms with Crippen molar-refractivity contribution in [1.29, 1.82) is 0 Å². The van der Waals surface area contributed by atoms with E-state index in [1.165, 1.54) is 12.3 Å². The largest absolute Gasteiger partial charge is 0.490 e. The maximum atomic E-state index is 12.3. The first-order valence-corrected chi connectivity index (χ1v) is 12.4. The van der Waals surface area contributed by atoms with Crippen molar-refractivity contribution in [3.8, 4) is 11.5 Å². The summed E-state index contributed by atoms with van der Waals surface area (Å²) < 4.78 is 11.2. The number of hydrogen-bond donors (Lipinski definition) is 3. The van der Waals surface area contributed by atoms with Gasteiger partial charge in [0.1, 0.15) is 0 Å². The standard InChI is InChI=1S/C26H23Cl3N4O5/c1-3-37-22-11-16(13-30-33-26(36)25(35)32-20-6-4-5-18(27)24(20)29)8-10-21(22)38-14-23(34)31-17-9-7-15(2)19(28)12-17/h4-13H,3,14H2,1-2H3,(H,31,34)(H,32,35)(H,33,36)/b30-13-. The number of hydrogen-bond acceptors (Lipinski definition) is 6. The Morgan fingerprint density at radius 1 is 0.895 bits per heavy atom. The third kappa shape index (κ3) is 8.11. The summed E-state index contributed by atoms with van der Waals surface area (Å²) in [6.45, 7) is 3.74. The van der Waals surface area contributed by atoms with Crippen molar-refractivity contribution in [3.05, 3.63) is 80.8 Å². The molecule has 198 valence electrons. The minimum Gasteiger partial charge on any atom is -0.490 e. The molecule has 38 heavy (non-hydrogen) atoms. The molecule has 0 heterocycles. The minimum absolute atomic E-state index is 0.113. The van der Waals surface area contributed by atoms with Crippen molar-refractivity contribution in [2.75, 3.05) is 23.8 Å². The number of aryl methyl sites for hydroxylation is 1. The molecule has 0 bridgehead atoms. The first-order chi connectivity index (χ1) is 18.2. The van der Waals surface area contributed by atoms with E-state index in [4.69, 9.17) is 44.3 Å². The first kappa shape index (κ1) is 28.8. The molecular formula is C26H23Cl3N4O5. The van der Waals surface area contributed by atoms with Gasteiger partial charge in [0.2, 0.25) is 0 Å². The maximum absolute atomic E-state index is 12.3. The van der Waals surface area contributed by atoms with Gasteiger partial charge in [0, 0.05) is 10.7 Å². The summed E-state index contributed by atoms with van der Waals surface area (Å²) in [7, 11) is 0. The number of halogens is 3. The number of nitrogens with one attached hydrogen (secondary N) is 3.